The molecule has 0 spiro atoms. The molecule has 0 amide bonds. The average molecular weight is 336 g/mol. The van der Waals surface area contributed by atoms with Gasteiger partial charge in [0.2, 0.25) is 10.0 Å². The third-order valence-electron chi connectivity index (χ3n) is 3.09. The first-order valence-corrected chi connectivity index (χ1v) is 8.26. The molecule has 0 bridgehead atoms. The van der Waals surface area contributed by atoms with Crippen LogP contribution in [0.1, 0.15) is 35.7 Å². The number of nitrogens with one attached hydrogen (secondary N) is 1. The van der Waals surface area contributed by atoms with Crippen LogP contribution in [0.5, 0.6) is 0 Å². The molecule has 1 unspecified atom stereocenters. The maximum absolute atomic E-state index is 12.2. The first-order chi connectivity index (χ1) is 9.69. The number of hydrogen-bond acceptors (Lipinski definition) is 4. The zero-order valence-corrected chi connectivity index (χ0v) is 13.3. The molecule has 0 fully saturated rings. The van der Waals surface area contributed by atoms with Crippen LogP contribution in [0.3, 0.4) is 0 Å². The molecule has 0 radical (unpaired) electrons. The number of aromatic carboxylic acids is 1. The molecule has 1 atom stereocenters. The predicted octanol–water partition coefficient (Wildman–Crippen LogP) is 1.79. The van der Waals surface area contributed by atoms with Crippen molar-refractivity contribution < 1.29 is 23.4 Å². The number of halogens is 1. The number of benzene rings is 1. The van der Waals surface area contributed by atoms with Crippen molar-refractivity contribution in [1.82, 2.24) is 4.72 Å². The molecule has 0 aliphatic heterocycles. The molecule has 6 nitrogen and oxygen atoms in total. The van der Waals surface area contributed by atoms with Crippen molar-refractivity contribution in [2.24, 2.45) is 0 Å². The quantitative estimate of drug-likeness (QED) is 0.704. The summed E-state index contributed by atoms with van der Waals surface area (Å²) in [5.74, 6) is -1.24. The molecule has 3 N–H and O–H groups in total. The highest BCUT2D eigenvalue weighted by Gasteiger charge is 2.22. The van der Waals surface area contributed by atoms with Crippen molar-refractivity contribution in [3.05, 3.63) is 28.3 Å². The number of hydrogen-bond donors (Lipinski definition) is 3. The minimum atomic E-state index is -3.88. The summed E-state index contributed by atoms with van der Waals surface area (Å²) in [5, 5.41) is 18.5. The van der Waals surface area contributed by atoms with Crippen molar-refractivity contribution in [3.63, 3.8) is 0 Å². The molecule has 0 saturated carbocycles. The number of rotatable bonds is 7. The largest absolute Gasteiger partial charge is 0.478 e. The Bertz CT molecular complexity index is 630. The normalized spacial score (nSPS) is 13.1. The van der Waals surface area contributed by atoms with E-state index in [0.717, 1.165) is 0 Å². The second-order valence-corrected chi connectivity index (χ2v) is 6.80. The smallest absolute Gasteiger partial charge is 0.336 e. The van der Waals surface area contributed by atoms with Crippen LogP contribution in [0.4, 0.5) is 0 Å². The fraction of sp³-hybridized carbons (Fsp3) is 0.462. The summed E-state index contributed by atoms with van der Waals surface area (Å²) >= 11 is 5.78. The summed E-state index contributed by atoms with van der Waals surface area (Å²) in [6.07, 6.45) is 0.227. The zero-order chi connectivity index (χ0) is 16.2. The minimum absolute atomic E-state index is 0.0342. The van der Waals surface area contributed by atoms with E-state index >= 15 is 0 Å². The van der Waals surface area contributed by atoms with Crippen molar-refractivity contribution in [1.29, 1.82) is 0 Å². The molecule has 1 aromatic carbocycles. The molecule has 8 heteroatoms. The Morgan fingerprint density at radius 2 is 2.05 bits per heavy atom. The van der Waals surface area contributed by atoms with Crippen molar-refractivity contribution in [3.8, 4) is 0 Å². The number of aliphatic hydroxyl groups excluding tert-OH is 1. The Morgan fingerprint density at radius 1 is 1.43 bits per heavy atom. The van der Waals surface area contributed by atoms with Crippen LogP contribution >= 0.6 is 11.6 Å². The lowest BCUT2D eigenvalue weighted by Crippen LogP contribution is -2.28. The second kappa shape index (κ2) is 7.22. The molecule has 0 aliphatic carbocycles. The van der Waals surface area contributed by atoms with Crippen LogP contribution in [0, 0.1) is 6.92 Å². The second-order valence-electron chi connectivity index (χ2n) is 4.63. The average Bonchev–Trinajstić information content (AvgIpc) is 2.40. The molecule has 0 aliphatic rings. The summed E-state index contributed by atoms with van der Waals surface area (Å²) in [7, 11) is -3.88. The van der Waals surface area contributed by atoms with Crippen LogP contribution in [-0.2, 0) is 10.0 Å². The number of carboxylic acids is 1. The van der Waals surface area contributed by atoms with Crippen LogP contribution in [0.15, 0.2) is 17.0 Å². The maximum atomic E-state index is 12.2. The van der Waals surface area contributed by atoms with Gasteiger partial charge in [-0.15, -0.1) is 0 Å². The fourth-order valence-electron chi connectivity index (χ4n) is 1.80. The van der Waals surface area contributed by atoms with E-state index < -0.39 is 22.1 Å². The van der Waals surface area contributed by atoms with Gasteiger partial charge >= 0.3 is 5.97 Å². The summed E-state index contributed by atoms with van der Waals surface area (Å²) in [6.45, 7) is 3.26. The minimum Gasteiger partial charge on any atom is -0.478 e. The van der Waals surface area contributed by atoms with Gasteiger partial charge < -0.3 is 10.2 Å². The maximum Gasteiger partial charge on any atom is 0.336 e. The number of aliphatic hydroxyl groups is 1. The molecule has 0 saturated heterocycles. The van der Waals surface area contributed by atoms with E-state index in [-0.39, 0.29) is 34.0 Å². The van der Waals surface area contributed by atoms with Gasteiger partial charge in [0, 0.05) is 11.6 Å². The number of sulfonamides is 1. The van der Waals surface area contributed by atoms with E-state index in [9.17, 15) is 18.3 Å². The van der Waals surface area contributed by atoms with Gasteiger partial charge in [0.1, 0.15) is 0 Å². The molecule has 0 heterocycles. The van der Waals surface area contributed by atoms with E-state index in [1.165, 1.54) is 19.1 Å². The molecule has 21 heavy (non-hydrogen) atoms. The van der Waals surface area contributed by atoms with Crippen LogP contribution < -0.4 is 4.72 Å². The van der Waals surface area contributed by atoms with Gasteiger partial charge in [0.25, 0.3) is 0 Å². The third-order valence-corrected chi connectivity index (χ3v) is 4.89. The predicted molar refractivity (Wildman–Crippen MR) is 79.3 cm³/mol. The Kier molecular flexibility index (Phi) is 6.15. The van der Waals surface area contributed by atoms with Gasteiger partial charge in [0.05, 0.1) is 16.6 Å². The molecule has 118 valence electrons. The SMILES string of the molecule is CCC(O)CCNS(=O)(=O)c1cc(Cl)cc(C(=O)O)c1C. The monoisotopic (exact) mass is 335 g/mol. The van der Waals surface area contributed by atoms with Crippen molar-refractivity contribution in [2.45, 2.75) is 37.7 Å². The molecular weight excluding hydrogens is 318 g/mol. The summed E-state index contributed by atoms with van der Waals surface area (Å²) in [4.78, 5) is 10.9. The van der Waals surface area contributed by atoms with Gasteiger partial charge in [-0.2, -0.15) is 0 Å². The Hall–Kier alpha value is -1.15. The van der Waals surface area contributed by atoms with Gasteiger partial charge in [-0.1, -0.05) is 18.5 Å². The lowest BCUT2D eigenvalue weighted by Gasteiger charge is -2.13. The molecule has 0 aromatic heterocycles. The third kappa shape index (κ3) is 4.67. The first-order valence-electron chi connectivity index (χ1n) is 6.40. The van der Waals surface area contributed by atoms with Crippen molar-refractivity contribution in [2.75, 3.05) is 6.54 Å². The number of carbonyl (C=O) groups is 1. The van der Waals surface area contributed by atoms with E-state index in [0.29, 0.717) is 6.42 Å². The van der Waals surface area contributed by atoms with Gasteiger partial charge in [-0.3, -0.25) is 0 Å². The number of carboxylic acid groups (broad SMARTS) is 1. The lowest BCUT2D eigenvalue weighted by atomic mass is 10.1. The van der Waals surface area contributed by atoms with Gasteiger partial charge in [0.15, 0.2) is 0 Å². The fourth-order valence-corrected chi connectivity index (χ4v) is 3.42. The highest BCUT2D eigenvalue weighted by Crippen LogP contribution is 2.24. The highest BCUT2D eigenvalue weighted by atomic mass is 35.5. The van der Waals surface area contributed by atoms with E-state index in [1.807, 2.05) is 0 Å². The molecule has 1 rings (SSSR count). The lowest BCUT2D eigenvalue weighted by molar-refractivity contribution is 0.0695. The van der Waals surface area contributed by atoms with Crippen LogP contribution in [-0.4, -0.2) is 37.2 Å². The van der Waals surface area contributed by atoms with Gasteiger partial charge in [-0.05, 0) is 37.5 Å². The highest BCUT2D eigenvalue weighted by molar-refractivity contribution is 7.89. The summed E-state index contributed by atoms with van der Waals surface area (Å²) in [5.41, 5.74) is -0.0353. The van der Waals surface area contributed by atoms with Crippen LogP contribution in [0.2, 0.25) is 5.02 Å². The molecular formula is C13H18ClNO5S. The summed E-state index contributed by atoms with van der Waals surface area (Å²) < 4.78 is 26.7. The topological polar surface area (TPSA) is 104 Å². The van der Waals surface area contributed by atoms with Gasteiger partial charge in [-0.25, -0.2) is 17.9 Å². The van der Waals surface area contributed by atoms with E-state index in [1.54, 1.807) is 6.92 Å². The molecule has 1 aromatic rings. The van der Waals surface area contributed by atoms with E-state index in [4.69, 9.17) is 16.7 Å². The Labute approximate surface area is 128 Å². The Morgan fingerprint density at radius 3 is 2.57 bits per heavy atom. The van der Waals surface area contributed by atoms with Crippen LogP contribution in [0.25, 0.3) is 0 Å². The summed E-state index contributed by atoms with van der Waals surface area (Å²) in [6, 6.07) is 2.42. The van der Waals surface area contributed by atoms with E-state index in [2.05, 4.69) is 4.72 Å². The standard InChI is InChI=1S/C13H18ClNO5S/c1-3-10(16)4-5-15-21(19,20)12-7-9(14)6-11(8(12)2)13(17)18/h6-7,10,15-16H,3-5H2,1-2H3,(H,17,18). The zero-order valence-electron chi connectivity index (χ0n) is 11.8. The first kappa shape index (κ1) is 17.9. The van der Waals surface area contributed by atoms with Crippen molar-refractivity contribution >= 4 is 27.6 Å². The Balaban J connectivity index is 3.06.